The van der Waals surface area contributed by atoms with Crippen molar-refractivity contribution in [1.82, 2.24) is 0 Å². The number of ether oxygens (including phenoxy) is 1. The topological polar surface area (TPSA) is 55.4 Å². The number of carbonyl (C=O) groups is 2. The molecule has 0 fully saturated rings. The van der Waals surface area contributed by atoms with Crippen LogP contribution in [0, 0.1) is 6.92 Å². The molecule has 0 saturated carbocycles. The predicted molar refractivity (Wildman–Crippen MR) is 118 cm³/mol. The first kappa shape index (κ1) is 22.2. The van der Waals surface area contributed by atoms with Gasteiger partial charge in [0.25, 0.3) is 5.91 Å². The molecule has 29 heavy (non-hydrogen) atoms. The number of ketones is 1. The maximum Gasteiger partial charge on any atom is 0.262 e. The van der Waals surface area contributed by atoms with Crippen molar-refractivity contribution in [2.45, 2.75) is 20.8 Å². The van der Waals surface area contributed by atoms with E-state index >= 15 is 0 Å². The number of nitrogens with one attached hydrogen (secondary N) is 1. The minimum atomic E-state index is -0.308. The van der Waals surface area contributed by atoms with Gasteiger partial charge in [-0.25, -0.2) is 0 Å². The molecule has 0 aromatic heterocycles. The second kappa shape index (κ2) is 11.0. The van der Waals surface area contributed by atoms with E-state index < -0.39 is 0 Å². The molecule has 0 heterocycles. The summed E-state index contributed by atoms with van der Waals surface area (Å²) in [5, 5.41) is 3.22. The number of hydrogen-bond acceptors (Lipinski definition) is 3. The number of halogens is 1. The van der Waals surface area contributed by atoms with E-state index in [1.807, 2.05) is 51.1 Å². The molecule has 0 aliphatic rings. The van der Waals surface area contributed by atoms with Crippen LogP contribution >= 0.6 is 11.6 Å². The molecule has 1 N–H and O–H groups in total. The minimum Gasteiger partial charge on any atom is -0.483 e. The summed E-state index contributed by atoms with van der Waals surface area (Å²) in [5.74, 6) is -0.210. The minimum absolute atomic E-state index is 0.215. The normalized spacial score (nSPS) is 9.79. The van der Waals surface area contributed by atoms with E-state index in [9.17, 15) is 9.59 Å². The van der Waals surface area contributed by atoms with Gasteiger partial charge in [-0.15, -0.1) is 0 Å². The fourth-order valence-corrected chi connectivity index (χ4v) is 2.77. The molecule has 3 aromatic carbocycles. The summed E-state index contributed by atoms with van der Waals surface area (Å²) in [7, 11) is 0. The Hall–Kier alpha value is -3.11. The van der Waals surface area contributed by atoms with Crippen LogP contribution in [0.15, 0.2) is 72.8 Å². The van der Waals surface area contributed by atoms with E-state index in [-0.39, 0.29) is 18.3 Å². The number of carbonyl (C=O) groups excluding carboxylic acids is 2. The molecular weight excluding hydrogens is 386 g/mol. The van der Waals surface area contributed by atoms with Crippen LogP contribution in [-0.4, -0.2) is 18.3 Å². The zero-order valence-corrected chi connectivity index (χ0v) is 17.5. The fourth-order valence-electron chi connectivity index (χ4n) is 2.59. The fraction of sp³-hybridized carbons (Fsp3) is 0.167. The van der Waals surface area contributed by atoms with Crippen LogP contribution in [0.5, 0.6) is 5.75 Å². The van der Waals surface area contributed by atoms with Gasteiger partial charge in [0.15, 0.2) is 12.4 Å². The second-order valence-corrected chi connectivity index (χ2v) is 6.42. The van der Waals surface area contributed by atoms with Crippen LogP contribution in [0.4, 0.5) is 5.69 Å². The molecule has 0 saturated heterocycles. The highest BCUT2D eigenvalue weighted by Gasteiger charge is 2.16. The van der Waals surface area contributed by atoms with Crippen molar-refractivity contribution in [2.24, 2.45) is 0 Å². The third kappa shape index (κ3) is 6.19. The summed E-state index contributed by atoms with van der Waals surface area (Å²) in [6.07, 6.45) is 0. The summed E-state index contributed by atoms with van der Waals surface area (Å²) in [4.78, 5) is 25.0. The number of rotatable bonds is 6. The maximum atomic E-state index is 12.8. The largest absolute Gasteiger partial charge is 0.483 e. The van der Waals surface area contributed by atoms with E-state index in [1.165, 1.54) is 0 Å². The molecule has 0 bridgehead atoms. The molecule has 0 unspecified atom stereocenters. The van der Waals surface area contributed by atoms with Crippen LogP contribution in [0.2, 0.25) is 5.02 Å². The Balaban J connectivity index is 0.00000145. The van der Waals surface area contributed by atoms with Crippen LogP contribution in [0.25, 0.3) is 0 Å². The summed E-state index contributed by atoms with van der Waals surface area (Å²) >= 11 is 6.05. The lowest BCUT2D eigenvalue weighted by Gasteiger charge is -2.12. The highest BCUT2D eigenvalue weighted by molar-refractivity contribution is 6.31. The average molecular weight is 410 g/mol. The van der Waals surface area contributed by atoms with Gasteiger partial charge in [-0.05, 0) is 36.8 Å². The first-order valence-electron chi connectivity index (χ1n) is 9.42. The van der Waals surface area contributed by atoms with Gasteiger partial charge in [0.2, 0.25) is 0 Å². The van der Waals surface area contributed by atoms with E-state index in [0.29, 0.717) is 21.9 Å². The van der Waals surface area contributed by atoms with Crippen molar-refractivity contribution in [3.8, 4) is 5.75 Å². The molecule has 0 aliphatic heterocycles. The second-order valence-electron chi connectivity index (χ2n) is 5.99. The molecule has 0 spiro atoms. The number of para-hydroxylation sites is 1. The highest BCUT2D eigenvalue weighted by Crippen LogP contribution is 2.26. The maximum absolute atomic E-state index is 12.8. The Morgan fingerprint density at radius 1 is 0.931 bits per heavy atom. The molecular formula is C24H24ClNO3. The molecule has 3 aromatic rings. The van der Waals surface area contributed by atoms with Gasteiger partial charge < -0.3 is 10.1 Å². The average Bonchev–Trinajstić information content (AvgIpc) is 2.76. The zero-order valence-electron chi connectivity index (χ0n) is 16.7. The summed E-state index contributed by atoms with van der Waals surface area (Å²) in [6.45, 7) is 5.69. The number of hydrogen-bond donors (Lipinski definition) is 1. The first-order valence-corrected chi connectivity index (χ1v) is 9.80. The van der Waals surface area contributed by atoms with Crippen molar-refractivity contribution in [3.63, 3.8) is 0 Å². The Morgan fingerprint density at radius 3 is 2.28 bits per heavy atom. The number of aryl methyl sites for hydroxylation is 1. The quantitative estimate of drug-likeness (QED) is 0.514. The van der Waals surface area contributed by atoms with E-state index in [0.717, 1.165) is 11.3 Å². The Kier molecular flexibility index (Phi) is 8.44. The summed E-state index contributed by atoms with van der Waals surface area (Å²) < 4.78 is 5.62. The molecule has 5 heteroatoms. The Morgan fingerprint density at radius 2 is 1.59 bits per heavy atom. The van der Waals surface area contributed by atoms with Gasteiger partial charge in [0, 0.05) is 16.3 Å². The van der Waals surface area contributed by atoms with Gasteiger partial charge in [-0.1, -0.05) is 74.0 Å². The number of anilines is 1. The van der Waals surface area contributed by atoms with Crippen LogP contribution in [0.1, 0.15) is 35.3 Å². The van der Waals surface area contributed by atoms with E-state index in [2.05, 4.69) is 5.32 Å². The van der Waals surface area contributed by atoms with Crippen LogP contribution in [0.3, 0.4) is 0 Å². The summed E-state index contributed by atoms with van der Waals surface area (Å²) in [6, 6.07) is 21.1. The van der Waals surface area contributed by atoms with Crippen molar-refractivity contribution in [1.29, 1.82) is 0 Å². The lowest BCUT2D eigenvalue weighted by molar-refractivity contribution is -0.118. The third-order valence-corrected chi connectivity index (χ3v) is 4.24. The molecule has 3 rings (SSSR count). The van der Waals surface area contributed by atoms with Crippen LogP contribution in [-0.2, 0) is 4.79 Å². The molecule has 0 radical (unpaired) electrons. The standard InChI is InChI=1S/C22H18ClNO3.C2H6/c1-15-7-5-6-10-19(15)24-21(25)14-27-20-12-11-17(23)13-18(20)22(26)16-8-3-2-4-9-16;1-2/h2-13H,14H2,1H3,(H,24,25);1-2H3. The molecule has 1 amide bonds. The molecule has 0 aliphatic carbocycles. The van der Waals surface area contributed by atoms with Gasteiger partial charge >= 0.3 is 0 Å². The molecule has 0 atom stereocenters. The zero-order chi connectivity index (χ0) is 21.2. The van der Waals surface area contributed by atoms with E-state index in [4.69, 9.17) is 16.3 Å². The number of amides is 1. The number of benzene rings is 3. The molecule has 150 valence electrons. The van der Waals surface area contributed by atoms with Crippen molar-refractivity contribution >= 4 is 29.0 Å². The van der Waals surface area contributed by atoms with Crippen LogP contribution < -0.4 is 10.1 Å². The highest BCUT2D eigenvalue weighted by atomic mass is 35.5. The van der Waals surface area contributed by atoms with Gasteiger partial charge in [0.05, 0.1) is 5.56 Å². The Labute approximate surface area is 176 Å². The van der Waals surface area contributed by atoms with Crippen molar-refractivity contribution < 1.29 is 14.3 Å². The third-order valence-electron chi connectivity index (χ3n) is 4.00. The van der Waals surface area contributed by atoms with Gasteiger partial charge in [0.1, 0.15) is 5.75 Å². The lowest BCUT2D eigenvalue weighted by atomic mass is 10.0. The Bertz CT molecular complexity index is 971. The van der Waals surface area contributed by atoms with Crippen molar-refractivity contribution in [3.05, 3.63) is 94.5 Å². The molecule has 4 nitrogen and oxygen atoms in total. The first-order chi connectivity index (χ1) is 14.0. The van der Waals surface area contributed by atoms with E-state index in [1.54, 1.807) is 42.5 Å². The SMILES string of the molecule is CC.Cc1ccccc1NC(=O)COc1ccc(Cl)cc1C(=O)c1ccccc1. The predicted octanol–water partition coefficient (Wildman–Crippen LogP) is 5.92. The van der Waals surface area contributed by atoms with Gasteiger partial charge in [-0.2, -0.15) is 0 Å². The van der Waals surface area contributed by atoms with Crippen molar-refractivity contribution in [2.75, 3.05) is 11.9 Å². The lowest BCUT2D eigenvalue weighted by Crippen LogP contribution is -2.21. The van der Waals surface area contributed by atoms with Gasteiger partial charge in [-0.3, -0.25) is 9.59 Å². The smallest absolute Gasteiger partial charge is 0.262 e. The monoisotopic (exact) mass is 409 g/mol. The summed E-state index contributed by atoms with van der Waals surface area (Å²) in [5.41, 5.74) is 2.52.